The lowest BCUT2D eigenvalue weighted by Gasteiger charge is -2.14. The van der Waals surface area contributed by atoms with Crippen LogP contribution >= 0.6 is 15.9 Å². The van der Waals surface area contributed by atoms with E-state index >= 15 is 0 Å². The summed E-state index contributed by atoms with van der Waals surface area (Å²) >= 11 is 3.63. The van der Waals surface area contributed by atoms with Crippen LogP contribution in [0.4, 0.5) is 0 Å². The summed E-state index contributed by atoms with van der Waals surface area (Å²) in [7, 11) is 0. The van der Waals surface area contributed by atoms with Crippen molar-refractivity contribution in [1.82, 2.24) is 15.5 Å². The van der Waals surface area contributed by atoms with Gasteiger partial charge in [-0.05, 0) is 37.0 Å². The van der Waals surface area contributed by atoms with Crippen LogP contribution in [-0.2, 0) is 13.0 Å². The molecule has 1 aliphatic rings. The third-order valence-electron chi connectivity index (χ3n) is 3.69. The summed E-state index contributed by atoms with van der Waals surface area (Å²) < 4.78 is 1.24. The van der Waals surface area contributed by atoms with Crippen molar-refractivity contribution < 1.29 is 0 Å². The summed E-state index contributed by atoms with van der Waals surface area (Å²) in [5, 5.41) is 10.7. The van der Waals surface area contributed by atoms with E-state index in [1.807, 2.05) is 6.20 Å². The Hall–Kier alpha value is -1.13. The van der Waals surface area contributed by atoms with Gasteiger partial charge in [-0.15, -0.1) is 0 Å². The number of rotatable bonds is 3. The Morgan fingerprint density at radius 2 is 2.39 bits per heavy atom. The Kier molecular flexibility index (Phi) is 3.22. The molecule has 0 radical (unpaired) electrons. The second kappa shape index (κ2) is 4.86. The van der Waals surface area contributed by atoms with Crippen molar-refractivity contribution in [3.8, 4) is 0 Å². The van der Waals surface area contributed by atoms with Gasteiger partial charge in [-0.1, -0.05) is 28.1 Å². The molecule has 0 aliphatic heterocycles. The molecular formula is C14H16BrN3. The van der Waals surface area contributed by atoms with Gasteiger partial charge in [-0.2, -0.15) is 5.10 Å². The third-order valence-corrected chi connectivity index (χ3v) is 4.43. The van der Waals surface area contributed by atoms with Crippen LogP contribution in [0.3, 0.4) is 0 Å². The Balaban J connectivity index is 1.74. The maximum atomic E-state index is 4.05. The van der Waals surface area contributed by atoms with E-state index in [0.29, 0.717) is 6.04 Å². The largest absolute Gasteiger partial charge is 0.306 e. The average Bonchev–Trinajstić information content (AvgIpc) is 2.94. The zero-order chi connectivity index (χ0) is 12.5. The number of H-pyrrole nitrogens is 1. The molecule has 0 bridgehead atoms. The van der Waals surface area contributed by atoms with E-state index in [-0.39, 0.29) is 0 Å². The molecule has 0 saturated carbocycles. The van der Waals surface area contributed by atoms with Crippen molar-refractivity contribution in [3.05, 3.63) is 51.3 Å². The van der Waals surface area contributed by atoms with E-state index in [1.54, 1.807) is 0 Å². The van der Waals surface area contributed by atoms with Crippen LogP contribution in [0.25, 0.3) is 0 Å². The van der Waals surface area contributed by atoms with E-state index in [2.05, 4.69) is 56.6 Å². The SMILES string of the molecule is Cc1[nH]ncc1CN[C@H]1CCc2c(Br)cccc21. The molecule has 2 aromatic rings. The number of benzene rings is 1. The third kappa shape index (κ3) is 2.10. The predicted molar refractivity (Wildman–Crippen MR) is 75.4 cm³/mol. The fraction of sp³-hybridized carbons (Fsp3) is 0.357. The highest BCUT2D eigenvalue weighted by molar-refractivity contribution is 9.10. The fourth-order valence-electron chi connectivity index (χ4n) is 2.61. The molecule has 18 heavy (non-hydrogen) atoms. The minimum absolute atomic E-state index is 0.465. The van der Waals surface area contributed by atoms with Crippen molar-refractivity contribution in [2.75, 3.05) is 0 Å². The Bertz CT molecular complexity index is 562. The number of fused-ring (bicyclic) bond motifs is 1. The topological polar surface area (TPSA) is 40.7 Å². The summed E-state index contributed by atoms with van der Waals surface area (Å²) in [6, 6.07) is 6.94. The minimum Gasteiger partial charge on any atom is -0.306 e. The van der Waals surface area contributed by atoms with Gasteiger partial charge in [0, 0.05) is 28.3 Å². The number of aryl methyl sites for hydroxylation is 1. The van der Waals surface area contributed by atoms with Crippen molar-refractivity contribution in [2.45, 2.75) is 32.4 Å². The molecule has 3 nitrogen and oxygen atoms in total. The molecule has 3 rings (SSSR count). The highest BCUT2D eigenvalue weighted by Crippen LogP contribution is 2.35. The first kappa shape index (κ1) is 11.9. The molecule has 1 heterocycles. The molecule has 0 unspecified atom stereocenters. The molecule has 1 aliphatic carbocycles. The van der Waals surface area contributed by atoms with Crippen LogP contribution in [0.15, 0.2) is 28.9 Å². The van der Waals surface area contributed by atoms with Gasteiger partial charge in [0.25, 0.3) is 0 Å². The summed E-state index contributed by atoms with van der Waals surface area (Å²) in [4.78, 5) is 0. The van der Waals surface area contributed by atoms with Gasteiger partial charge in [0.15, 0.2) is 0 Å². The van der Waals surface area contributed by atoms with E-state index in [1.165, 1.54) is 27.6 Å². The number of aromatic nitrogens is 2. The smallest absolute Gasteiger partial charge is 0.0535 e. The van der Waals surface area contributed by atoms with Gasteiger partial charge >= 0.3 is 0 Å². The molecule has 2 N–H and O–H groups in total. The quantitative estimate of drug-likeness (QED) is 0.914. The van der Waals surface area contributed by atoms with Crippen molar-refractivity contribution in [2.24, 2.45) is 0 Å². The van der Waals surface area contributed by atoms with Crippen LogP contribution in [-0.4, -0.2) is 10.2 Å². The second-order valence-corrected chi connectivity index (χ2v) is 5.65. The zero-order valence-electron chi connectivity index (χ0n) is 10.3. The first-order chi connectivity index (χ1) is 8.75. The Morgan fingerprint density at radius 1 is 1.50 bits per heavy atom. The molecular weight excluding hydrogens is 290 g/mol. The molecule has 1 atom stereocenters. The predicted octanol–water partition coefficient (Wildman–Crippen LogP) is 3.26. The summed E-state index contributed by atoms with van der Waals surface area (Å²) in [6.45, 7) is 2.93. The highest BCUT2D eigenvalue weighted by atomic mass is 79.9. The van der Waals surface area contributed by atoms with Crippen LogP contribution in [0.5, 0.6) is 0 Å². The van der Waals surface area contributed by atoms with Crippen molar-refractivity contribution in [3.63, 3.8) is 0 Å². The second-order valence-electron chi connectivity index (χ2n) is 4.80. The van der Waals surface area contributed by atoms with Crippen LogP contribution in [0.1, 0.15) is 34.8 Å². The summed E-state index contributed by atoms with van der Waals surface area (Å²) in [5.74, 6) is 0. The molecule has 1 aromatic heterocycles. The summed E-state index contributed by atoms with van der Waals surface area (Å²) in [5.41, 5.74) is 5.29. The normalized spacial score (nSPS) is 18.0. The lowest BCUT2D eigenvalue weighted by molar-refractivity contribution is 0.529. The van der Waals surface area contributed by atoms with Gasteiger partial charge < -0.3 is 5.32 Å². The number of nitrogens with zero attached hydrogens (tertiary/aromatic N) is 1. The standard InChI is InChI=1S/C14H16BrN3/c1-9-10(8-17-18-9)7-16-14-6-5-11-12(14)3-2-4-13(11)15/h2-4,8,14,16H,5-7H2,1H3,(H,17,18)/t14-/m0/s1. The lowest BCUT2D eigenvalue weighted by Crippen LogP contribution is -2.18. The number of aromatic amines is 1. The number of halogens is 1. The first-order valence-electron chi connectivity index (χ1n) is 6.25. The maximum absolute atomic E-state index is 4.05. The number of nitrogens with one attached hydrogen (secondary N) is 2. The van der Waals surface area contributed by atoms with E-state index in [9.17, 15) is 0 Å². The van der Waals surface area contributed by atoms with Crippen molar-refractivity contribution >= 4 is 15.9 Å². The maximum Gasteiger partial charge on any atom is 0.0535 e. The van der Waals surface area contributed by atoms with E-state index in [0.717, 1.165) is 18.7 Å². The van der Waals surface area contributed by atoms with E-state index < -0.39 is 0 Å². The Labute approximate surface area is 115 Å². The van der Waals surface area contributed by atoms with Gasteiger partial charge in [0.2, 0.25) is 0 Å². The number of hydrogen-bond acceptors (Lipinski definition) is 2. The fourth-order valence-corrected chi connectivity index (χ4v) is 3.19. The molecule has 4 heteroatoms. The van der Waals surface area contributed by atoms with Gasteiger partial charge in [0.05, 0.1) is 6.20 Å². The zero-order valence-corrected chi connectivity index (χ0v) is 11.9. The van der Waals surface area contributed by atoms with Crippen LogP contribution in [0.2, 0.25) is 0 Å². The average molecular weight is 306 g/mol. The van der Waals surface area contributed by atoms with Gasteiger partial charge in [-0.25, -0.2) is 0 Å². The molecule has 0 amide bonds. The molecule has 0 fully saturated rings. The molecule has 0 saturated heterocycles. The van der Waals surface area contributed by atoms with E-state index in [4.69, 9.17) is 0 Å². The highest BCUT2D eigenvalue weighted by Gasteiger charge is 2.23. The number of hydrogen-bond donors (Lipinski definition) is 2. The summed E-state index contributed by atoms with van der Waals surface area (Å²) in [6.07, 6.45) is 4.23. The van der Waals surface area contributed by atoms with Crippen LogP contribution in [0, 0.1) is 6.92 Å². The Morgan fingerprint density at radius 3 is 3.17 bits per heavy atom. The lowest BCUT2D eigenvalue weighted by atomic mass is 10.1. The van der Waals surface area contributed by atoms with Crippen LogP contribution < -0.4 is 5.32 Å². The first-order valence-corrected chi connectivity index (χ1v) is 7.04. The molecule has 1 aromatic carbocycles. The monoisotopic (exact) mass is 305 g/mol. The van der Waals surface area contributed by atoms with Crippen molar-refractivity contribution in [1.29, 1.82) is 0 Å². The van der Waals surface area contributed by atoms with Gasteiger partial charge in [0.1, 0.15) is 0 Å². The molecule has 94 valence electrons. The minimum atomic E-state index is 0.465. The molecule has 0 spiro atoms. The van der Waals surface area contributed by atoms with Gasteiger partial charge in [-0.3, -0.25) is 5.10 Å².